The van der Waals surface area contributed by atoms with Gasteiger partial charge >= 0.3 is 0 Å². The van der Waals surface area contributed by atoms with Gasteiger partial charge in [-0.3, -0.25) is 0 Å². The molecule has 4 rings (SSSR count). The molecule has 0 radical (unpaired) electrons. The van der Waals surface area contributed by atoms with Crippen LogP contribution in [0.2, 0.25) is 0 Å². The summed E-state index contributed by atoms with van der Waals surface area (Å²) in [6.45, 7) is 4.76. The van der Waals surface area contributed by atoms with Crippen molar-refractivity contribution < 1.29 is 5.11 Å². The minimum Gasteiger partial charge on any atom is -0.508 e. The Labute approximate surface area is 139 Å². The highest BCUT2D eigenvalue weighted by atomic mass is 16.3. The minimum absolute atomic E-state index is 0.365. The van der Waals surface area contributed by atoms with Crippen molar-refractivity contribution in [3.8, 4) is 5.75 Å². The van der Waals surface area contributed by atoms with Crippen LogP contribution in [0.15, 0.2) is 42.0 Å². The van der Waals surface area contributed by atoms with E-state index in [9.17, 15) is 5.11 Å². The maximum absolute atomic E-state index is 9.74. The van der Waals surface area contributed by atoms with Crippen LogP contribution in [0.5, 0.6) is 5.75 Å². The van der Waals surface area contributed by atoms with Crippen LogP contribution in [0, 0.1) is 5.41 Å². The Hall–Kier alpha value is -1.76. The predicted octanol–water partition coefficient (Wildman–Crippen LogP) is 6.10. The molecule has 1 N–H and O–H groups in total. The summed E-state index contributed by atoms with van der Waals surface area (Å²) in [5, 5.41) is 12.2. The highest BCUT2D eigenvalue weighted by Crippen LogP contribution is 2.59. The Morgan fingerprint density at radius 3 is 2.91 bits per heavy atom. The Morgan fingerprint density at radius 2 is 2.09 bits per heavy atom. The Bertz CT molecular complexity index is 786. The van der Waals surface area contributed by atoms with Crippen molar-refractivity contribution >= 4 is 10.8 Å². The number of aryl methyl sites for hydroxylation is 1. The van der Waals surface area contributed by atoms with Crippen LogP contribution in [0.3, 0.4) is 0 Å². The zero-order valence-electron chi connectivity index (χ0n) is 14.2. The summed E-state index contributed by atoms with van der Waals surface area (Å²) >= 11 is 0. The molecule has 2 aromatic rings. The summed E-state index contributed by atoms with van der Waals surface area (Å²) in [6.07, 6.45) is 9.99. The van der Waals surface area contributed by atoms with Crippen LogP contribution in [0.4, 0.5) is 0 Å². The molecule has 0 saturated heterocycles. The smallest absolute Gasteiger partial charge is 0.116 e. The first-order chi connectivity index (χ1) is 11.1. The van der Waals surface area contributed by atoms with Gasteiger partial charge in [-0.1, -0.05) is 50.1 Å². The molecular formula is C22H26O. The van der Waals surface area contributed by atoms with Gasteiger partial charge in [0.1, 0.15) is 5.75 Å². The third-order valence-corrected chi connectivity index (χ3v) is 6.31. The summed E-state index contributed by atoms with van der Waals surface area (Å²) in [7, 11) is 0. The second kappa shape index (κ2) is 5.40. The normalized spacial score (nSPS) is 28.1. The first kappa shape index (κ1) is 14.8. The van der Waals surface area contributed by atoms with Crippen LogP contribution in [-0.4, -0.2) is 5.11 Å². The lowest BCUT2D eigenvalue weighted by Crippen LogP contribution is -2.28. The molecule has 0 aromatic heterocycles. The molecule has 0 amide bonds. The zero-order valence-corrected chi connectivity index (χ0v) is 14.2. The molecule has 0 spiro atoms. The second-order valence-corrected chi connectivity index (χ2v) is 7.57. The molecular weight excluding hydrogens is 280 g/mol. The Kier molecular flexibility index (Phi) is 3.48. The van der Waals surface area contributed by atoms with Gasteiger partial charge < -0.3 is 5.11 Å². The molecule has 0 aliphatic heterocycles. The summed E-state index contributed by atoms with van der Waals surface area (Å²) in [5.74, 6) is 1.04. The molecule has 1 nitrogen and oxygen atoms in total. The van der Waals surface area contributed by atoms with E-state index in [-0.39, 0.29) is 0 Å². The van der Waals surface area contributed by atoms with E-state index in [1.807, 2.05) is 12.1 Å². The number of rotatable bonds is 2. The fourth-order valence-corrected chi connectivity index (χ4v) is 5.00. The van der Waals surface area contributed by atoms with Gasteiger partial charge in [-0.05, 0) is 77.5 Å². The second-order valence-electron chi connectivity index (χ2n) is 7.57. The van der Waals surface area contributed by atoms with Crippen molar-refractivity contribution in [3.63, 3.8) is 0 Å². The maximum Gasteiger partial charge on any atom is 0.116 e. The van der Waals surface area contributed by atoms with Gasteiger partial charge in [0, 0.05) is 0 Å². The molecule has 23 heavy (non-hydrogen) atoms. The van der Waals surface area contributed by atoms with Gasteiger partial charge in [-0.25, -0.2) is 0 Å². The highest BCUT2D eigenvalue weighted by molar-refractivity contribution is 5.88. The van der Waals surface area contributed by atoms with Crippen molar-refractivity contribution in [2.75, 3.05) is 0 Å². The summed E-state index contributed by atoms with van der Waals surface area (Å²) in [6, 6.07) is 10.4. The average Bonchev–Trinajstić information content (AvgIpc) is 2.89. The molecule has 2 aromatic carbocycles. The lowest BCUT2D eigenvalue weighted by atomic mass is 9.64. The number of allylic oxidation sites excluding steroid dienone is 2. The van der Waals surface area contributed by atoms with E-state index in [4.69, 9.17) is 0 Å². The summed E-state index contributed by atoms with van der Waals surface area (Å²) in [5.41, 5.74) is 5.17. The molecule has 0 bridgehead atoms. The van der Waals surface area contributed by atoms with Gasteiger partial charge in [-0.15, -0.1) is 0 Å². The van der Waals surface area contributed by atoms with Crippen LogP contribution in [-0.2, 0) is 6.42 Å². The standard InChI is InChI=1S/C22H26O/c1-3-4-5-16-7-11-21-20-9-6-15-14-17(23)8-10-18(15)19(20)12-13-22(16,21)2/h5-6,8-10,14,21,23H,3-4,7,11-13H2,1-2H3/b16-5-/t21-,22+/m0/s1. The fourth-order valence-electron chi connectivity index (χ4n) is 5.00. The van der Waals surface area contributed by atoms with E-state index in [0.29, 0.717) is 17.1 Å². The zero-order chi connectivity index (χ0) is 16.0. The average molecular weight is 306 g/mol. The maximum atomic E-state index is 9.74. The molecule has 1 fully saturated rings. The van der Waals surface area contributed by atoms with Gasteiger partial charge in [0.15, 0.2) is 0 Å². The van der Waals surface area contributed by atoms with Crippen molar-refractivity contribution in [2.45, 2.75) is 58.3 Å². The van der Waals surface area contributed by atoms with E-state index in [1.165, 1.54) is 48.4 Å². The number of benzene rings is 2. The van der Waals surface area contributed by atoms with E-state index in [0.717, 1.165) is 6.42 Å². The van der Waals surface area contributed by atoms with Gasteiger partial charge in [0.05, 0.1) is 0 Å². The van der Waals surface area contributed by atoms with Crippen molar-refractivity contribution in [3.05, 3.63) is 53.1 Å². The minimum atomic E-state index is 0.365. The SMILES string of the molecule is CCC/C=C1/CC[C@H]2c3ccc4cc(O)ccc4c3CC[C@]12C. The predicted molar refractivity (Wildman–Crippen MR) is 97.0 cm³/mol. The van der Waals surface area contributed by atoms with Crippen LogP contribution in [0.25, 0.3) is 10.8 Å². The monoisotopic (exact) mass is 306 g/mol. The number of phenols is 1. The lowest BCUT2D eigenvalue weighted by Gasteiger charge is -2.39. The van der Waals surface area contributed by atoms with E-state index < -0.39 is 0 Å². The molecule has 0 unspecified atom stereocenters. The van der Waals surface area contributed by atoms with Crippen LogP contribution >= 0.6 is 0 Å². The number of hydrogen-bond donors (Lipinski definition) is 1. The van der Waals surface area contributed by atoms with E-state index in [1.54, 1.807) is 11.1 Å². The first-order valence-electron chi connectivity index (χ1n) is 9.07. The third-order valence-electron chi connectivity index (χ3n) is 6.31. The first-order valence-corrected chi connectivity index (χ1v) is 9.07. The Balaban J connectivity index is 1.81. The van der Waals surface area contributed by atoms with Crippen LogP contribution in [0.1, 0.15) is 63.0 Å². The molecule has 1 heteroatoms. The van der Waals surface area contributed by atoms with Gasteiger partial charge in [0.2, 0.25) is 0 Å². The Morgan fingerprint density at radius 1 is 1.22 bits per heavy atom. The molecule has 0 heterocycles. The van der Waals surface area contributed by atoms with E-state index >= 15 is 0 Å². The third kappa shape index (κ3) is 2.21. The lowest BCUT2D eigenvalue weighted by molar-refractivity contribution is 0.306. The summed E-state index contributed by atoms with van der Waals surface area (Å²) in [4.78, 5) is 0. The van der Waals surface area contributed by atoms with Crippen LogP contribution < -0.4 is 0 Å². The molecule has 2 aliphatic carbocycles. The molecule has 2 atom stereocenters. The molecule has 1 saturated carbocycles. The van der Waals surface area contributed by atoms with E-state index in [2.05, 4.69) is 38.1 Å². The highest BCUT2D eigenvalue weighted by Gasteiger charge is 2.46. The largest absolute Gasteiger partial charge is 0.508 e. The molecule has 120 valence electrons. The number of hydrogen-bond acceptors (Lipinski definition) is 1. The van der Waals surface area contributed by atoms with Crippen molar-refractivity contribution in [1.29, 1.82) is 0 Å². The van der Waals surface area contributed by atoms with Gasteiger partial charge in [0.25, 0.3) is 0 Å². The molecule has 2 aliphatic rings. The number of aromatic hydroxyl groups is 1. The van der Waals surface area contributed by atoms with Crippen molar-refractivity contribution in [1.82, 2.24) is 0 Å². The fraction of sp³-hybridized carbons (Fsp3) is 0.455. The number of unbranched alkanes of at least 4 members (excludes halogenated alkanes) is 1. The number of fused-ring (bicyclic) bond motifs is 5. The summed E-state index contributed by atoms with van der Waals surface area (Å²) < 4.78 is 0. The van der Waals surface area contributed by atoms with Gasteiger partial charge in [-0.2, -0.15) is 0 Å². The quantitative estimate of drug-likeness (QED) is 0.664. The topological polar surface area (TPSA) is 20.2 Å². The number of phenolic OH excluding ortho intramolecular Hbond substituents is 1. The van der Waals surface area contributed by atoms with Crippen molar-refractivity contribution in [2.24, 2.45) is 5.41 Å².